The first-order valence-corrected chi connectivity index (χ1v) is 7.72. The van der Waals surface area contributed by atoms with Gasteiger partial charge in [-0.2, -0.15) is 15.0 Å². The van der Waals surface area contributed by atoms with E-state index < -0.39 is 0 Å². The van der Waals surface area contributed by atoms with Crippen LogP contribution in [-0.2, 0) is 0 Å². The molecule has 0 N–H and O–H groups in total. The number of hydrogen-bond donors (Lipinski definition) is 0. The van der Waals surface area contributed by atoms with E-state index in [1.54, 1.807) is 0 Å². The molecule has 4 nitrogen and oxygen atoms in total. The van der Waals surface area contributed by atoms with Crippen LogP contribution < -0.4 is 4.90 Å². The van der Waals surface area contributed by atoms with E-state index in [-0.39, 0.29) is 5.28 Å². The number of piperidine rings is 1. The van der Waals surface area contributed by atoms with E-state index in [0.717, 1.165) is 18.0 Å². The van der Waals surface area contributed by atoms with Gasteiger partial charge in [0, 0.05) is 13.1 Å². The number of thiophene rings is 1. The van der Waals surface area contributed by atoms with Crippen molar-refractivity contribution in [2.75, 3.05) is 18.0 Å². The van der Waals surface area contributed by atoms with Crippen molar-refractivity contribution < 1.29 is 0 Å². The van der Waals surface area contributed by atoms with Gasteiger partial charge in [-0.25, -0.2) is 0 Å². The maximum absolute atomic E-state index is 6.01. The van der Waals surface area contributed by atoms with Gasteiger partial charge in [0.05, 0.1) is 9.21 Å². The van der Waals surface area contributed by atoms with E-state index in [0.29, 0.717) is 16.1 Å². The third kappa shape index (κ3) is 2.99. The van der Waals surface area contributed by atoms with Gasteiger partial charge in [0.25, 0.3) is 0 Å². The maximum Gasteiger partial charge on any atom is 0.230 e. The Morgan fingerprint density at radius 1 is 1.00 bits per heavy atom. The van der Waals surface area contributed by atoms with E-state index in [2.05, 4.69) is 19.9 Å². The highest BCUT2D eigenvalue weighted by molar-refractivity contribution is 7.19. The molecule has 0 unspecified atom stereocenters. The second-order valence-corrected chi connectivity index (χ2v) is 6.43. The van der Waals surface area contributed by atoms with Crippen LogP contribution in [0.25, 0.3) is 10.7 Å². The van der Waals surface area contributed by atoms with Gasteiger partial charge in [0.1, 0.15) is 0 Å². The number of halogens is 2. The molecule has 0 saturated carbocycles. The van der Waals surface area contributed by atoms with Gasteiger partial charge in [-0.05, 0) is 43.0 Å². The summed E-state index contributed by atoms with van der Waals surface area (Å²) in [5.41, 5.74) is 0. The normalized spacial score (nSPS) is 15.8. The Hall–Kier alpha value is -0.910. The van der Waals surface area contributed by atoms with Crippen LogP contribution in [0.1, 0.15) is 19.3 Å². The maximum atomic E-state index is 6.01. The van der Waals surface area contributed by atoms with Crippen LogP contribution in [0, 0.1) is 0 Å². The van der Waals surface area contributed by atoms with Gasteiger partial charge in [0.15, 0.2) is 5.82 Å². The Morgan fingerprint density at radius 2 is 1.79 bits per heavy atom. The average molecular weight is 315 g/mol. The summed E-state index contributed by atoms with van der Waals surface area (Å²) in [4.78, 5) is 16.0. The van der Waals surface area contributed by atoms with E-state index in [1.165, 1.54) is 30.6 Å². The number of anilines is 1. The molecule has 1 saturated heterocycles. The van der Waals surface area contributed by atoms with Crippen molar-refractivity contribution >= 4 is 40.5 Å². The molecule has 0 radical (unpaired) electrons. The smallest absolute Gasteiger partial charge is 0.230 e. The minimum Gasteiger partial charge on any atom is -0.341 e. The molecule has 100 valence electrons. The largest absolute Gasteiger partial charge is 0.341 e. The van der Waals surface area contributed by atoms with Gasteiger partial charge >= 0.3 is 0 Å². The highest BCUT2D eigenvalue weighted by Crippen LogP contribution is 2.30. The molecule has 0 spiro atoms. The van der Waals surface area contributed by atoms with E-state index in [1.807, 2.05) is 12.1 Å². The lowest BCUT2D eigenvalue weighted by Crippen LogP contribution is -2.31. The molecule has 1 aliphatic heterocycles. The number of hydrogen-bond acceptors (Lipinski definition) is 5. The Balaban J connectivity index is 1.95. The predicted molar refractivity (Wildman–Crippen MR) is 79.2 cm³/mol. The summed E-state index contributed by atoms with van der Waals surface area (Å²) >= 11 is 13.4. The molecule has 0 bridgehead atoms. The van der Waals surface area contributed by atoms with Crippen LogP contribution >= 0.6 is 34.5 Å². The fourth-order valence-electron chi connectivity index (χ4n) is 2.12. The summed E-state index contributed by atoms with van der Waals surface area (Å²) < 4.78 is 0.714. The monoisotopic (exact) mass is 314 g/mol. The quantitative estimate of drug-likeness (QED) is 0.843. The summed E-state index contributed by atoms with van der Waals surface area (Å²) in [6, 6.07) is 3.73. The van der Waals surface area contributed by atoms with Crippen LogP contribution in [0.4, 0.5) is 5.95 Å². The first kappa shape index (κ1) is 13.1. The van der Waals surface area contributed by atoms with Gasteiger partial charge in [-0.1, -0.05) is 11.6 Å². The fourth-order valence-corrected chi connectivity index (χ4v) is 3.25. The number of nitrogens with zero attached hydrogens (tertiary/aromatic N) is 4. The van der Waals surface area contributed by atoms with Crippen molar-refractivity contribution in [1.29, 1.82) is 0 Å². The van der Waals surface area contributed by atoms with Crippen LogP contribution in [0.2, 0.25) is 9.62 Å². The molecule has 2 aromatic heterocycles. The first-order valence-electron chi connectivity index (χ1n) is 6.14. The highest BCUT2D eigenvalue weighted by atomic mass is 35.5. The third-order valence-corrected chi connectivity index (χ3v) is 4.42. The molecule has 0 amide bonds. The van der Waals surface area contributed by atoms with Crippen LogP contribution in [0.3, 0.4) is 0 Å². The Bertz CT molecular complexity index is 581. The zero-order valence-electron chi connectivity index (χ0n) is 10.1. The minimum absolute atomic E-state index is 0.232. The molecule has 0 atom stereocenters. The van der Waals surface area contributed by atoms with Gasteiger partial charge < -0.3 is 4.90 Å². The standard InChI is InChI=1S/C12H12Cl2N4S/c13-9-5-4-8(19-9)10-15-11(14)17-12(16-10)18-6-2-1-3-7-18/h4-5H,1-3,6-7H2. The molecule has 7 heteroatoms. The van der Waals surface area contributed by atoms with E-state index >= 15 is 0 Å². The average Bonchev–Trinajstić information content (AvgIpc) is 2.86. The van der Waals surface area contributed by atoms with Crippen molar-refractivity contribution in [3.05, 3.63) is 21.8 Å². The third-order valence-electron chi connectivity index (χ3n) is 3.03. The Kier molecular flexibility index (Phi) is 3.86. The summed E-state index contributed by atoms with van der Waals surface area (Å²) in [6.45, 7) is 1.95. The SMILES string of the molecule is Clc1nc(-c2ccc(Cl)s2)nc(N2CCCCC2)n1. The zero-order chi connectivity index (χ0) is 13.2. The van der Waals surface area contributed by atoms with Crippen LogP contribution in [0.15, 0.2) is 12.1 Å². The molecule has 19 heavy (non-hydrogen) atoms. The molecule has 0 aliphatic carbocycles. The molecule has 2 aromatic rings. The first-order chi connectivity index (χ1) is 9.22. The molecular formula is C12H12Cl2N4S. The predicted octanol–water partition coefficient (Wildman–Crippen LogP) is 3.90. The topological polar surface area (TPSA) is 41.9 Å². The van der Waals surface area contributed by atoms with Gasteiger partial charge in [-0.3, -0.25) is 0 Å². The van der Waals surface area contributed by atoms with E-state index in [9.17, 15) is 0 Å². The minimum atomic E-state index is 0.232. The summed E-state index contributed by atoms with van der Waals surface area (Å²) in [5.74, 6) is 1.26. The van der Waals surface area contributed by atoms with Crippen molar-refractivity contribution in [2.24, 2.45) is 0 Å². The molecule has 1 fully saturated rings. The molecule has 0 aromatic carbocycles. The van der Waals surface area contributed by atoms with Gasteiger partial charge in [0.2, 0.25) is 11.2 Å². The van der Waals surface area contributed by atoms with Gasteiger partial charge in [-0.15, -0.1) is 11.3 Å². The second kappa shape index (κ2) is 5.61. The van der Waals surface area contributed by atoms with Crippen LogP contribution in [0.5, 0.6) is 0 Å². The second-order valence-electron chi connectivity index (χ2n) is 4.38. The van der Waals surface area contributed by atoms with Crippen molar-refractivity contribution in [2.45, 2.75) is 19.3 Å². The number of aromatic nitrogens is 3. The lowest BCUT2D eigenvalue weighted by Gasteiger charge is -2.26. The van der Waals surface area contributed by atoms with Crippen molar-refractivity contribution in [1.82, 2.24) is 15.0 Å². The fraction of sp³-hybridized carbons (Fsp3) is 0.417. The summed E-state index contributed by atoms with van der Waals surface area (Å²) in [5, 5.41) is 0.232. The Labute approximate surface area is 125 Å². The molecule has 3 heterocycles. The molecule has 1 aliphatic rings. The summed E-state index contributed by atoms with van der Waals surface area (Å²) in [7, 11) is 0. The molecule has 3 rings (SSSR count). The van der Waals surface area contributed by atoms with Crippen molar-refractivity contribution in [3.63, 3.8) is 0 Å². The summed E-state index contributed by atoms with van der Waals surface area (Å²) in [6.07, 6.45) is 3.61. The van der Waals surface area contributed by atoms with E-state index in [4.69, 9.17) is 23.2 Å². The Morgan fingerprint density at radius 3 is 2.47 bits per heavy atom. The number of rotatable bonds is 2. The zero-order valence-corrected chi connectivity index (χ0v) is 12.5. The lowest BCUT2D eigenvalue weighted by atomic mass is 10.1. The highest BCUT2D eigenvalue weighted by Gasteiger charge is 2.16. The van der Waals surface area contributed by atoms with Crippen molar-refractivity contribution in [3.8, 4) is 10.7 Å². The lowest BCUT2D eigenvalue weighted by molar-refractivity contribution is 0.567. The molecular weight excluding hydrogens is 303 g/mol. The van der Waals surface area contributed by atoms with Crippen LogP contribution in [-0.4, -0.2) is 28.0 Å².